The Balaban J connectivity index is 1.78. The molecule has 0 aliphatic carbocycles. The Morgan fingerprint density at radius 1 is 1.02 bits per heavy atom. The van der Waals surface area contributed by atoms with Crippen LogP contribution >= 0.6 is 11.3 Å². The molecule has 0 radical (unpaired) electrons. The first-order valence-electron chi connectivity index (χ1n) is 22.3. The van der Waals surface area contributed by atoms with Crippen LogP contribution in [-0.2, 0) is 44.6 Å². The number of likely N-dealkylation sites (N-methyl/N-ethyl adjacent to an activating group) is 2. The van der Waals surface area contributed by atoms with Crippen LogP contribution in [0.1, 0.15) is 114 Å². The molecule has 1 saturated heterocycles. The number of carbonyl (C=O) groups excluding carboxylic acids is 5. The van der Waals surface area contributed by atoms with E-state index in [9.17, 15) is 39.0 Å². The summed E-state index contributed by atoms with van der Waals surface area (Å²) in [6.45, 7) is 13.0. The predicted molar refractivity (Wildman–Crippen MR) is 243 cm³/mol. The Morgan fingerprint density at radius 3 is 2.34 bits per heavy atom. The first-order valence-corrected chi connectivity index (χ1v) is 23.1. The van der Waals surface area contributed by atoms with E-state index in [1.807, 2.05) is 39.6 Å². The summed E-state index contributed by atoms with van der Waals surface area (Å²) in [5.41, 5.74) is 6.16. The van der Waals surface area contributed by atoms with Gasteiger partial charge in [-0.2, -0.15) is 0 Å². The number of thiazole rings is 1. The number of phenols is 1. The van der Waals surface area contributed by atoms with E-state index < -0.39 is 53.9 Å². The molecule has 358 valence electrons. The average molecular weight is 918 g/mol. The molecule has 1 aromatic heterocycles. The van der Waals surface area contributed by atoms with Crippen molar-refractivity contribution < 1.29 is 53.2 Å². The van der Waals surface area contributed by atoms with Crippen molar-refractivity contribution in [1.29, 1.82) is 0 Å². The highest BCUT2D eigenvalue weighted by Crippen LogP contribution is 2.32. The van der Waals surface area contributed by atoms with Gasteiger partial charge in [0.25, 0.3) is 5.91 Å². The molecule has 2 heterocycles. The van der Waals surface area contributed by atoms with Gasteiger partial charge in [0.2, 0.25) is 17.7 Å². The third-order valence-corrected chi connectivity index (χ3v) is 12.5. The molecule has 1 fully saturated rings. The van der Waals surface area contributed by atoms with Crippen molar-refractivity contribution >= 4 is 52.6 Å². The second-order valence-electron chi connectivity index (χ2n) is 17.0. The quantitative estimate of drug-likeness (QED) is 0.0419. The highest BCUT2D eigenvalue weighted by atomic mass is 32.1. The summed E-state index contributed by atoms with van der Waals surface area (Å²) in [5.74, 6) is -4.31. The average Bonchev–Trinajstić information content (AvgIpc) is 3.75. The van der Waals surface area contributed by atoms with Gasteiger partial charge in [0.15, 0.2) is 6.10 Å². The van der Waals surface area contributed by atoms with Crippen molar-refractivity contribution in [3.63, 3.8) is 0 Å². The van der Waals surface area contributed by atoms with Crippen molar-refractivity contribution in [3.05, 3.63) is 39.8 Å². The Morgan fingerprint density at radius 2 is 1.72 bits per heavy atom. The maximum atomic E-state index is 14.3. The summed E-state index contributed by atoms with van der Waals surface area (Å²) >= 11 is 1.12. The van der Waals surface area contributed by atoms with Crippen LogP contribution in [0.25, 0.3) is 0 Å². The number of carbonyl (C=O) groups is 6. The second kappa shape index (κ2) is 26.9. The van der Waals surface area contributed by atoms with E-state index in [4.69, 9.17) is 19.9 Å². The topological polar surface area (TPSA) is 252 Å². The normalized spacial score (nSPS) is 17.1. The van der Waals surface area contributed by atoms with E-state index in [1.165, 1.54) is 25.3 Å². The lowest BCUT2D eigenvalue weighted by atomic mass is 9.92. The van der Waals surface area contributed by atoms with Crippen molar-refractivity contribution in [2.45, 2.75) is 123 Å². The van der Waals surface area contributed by atoms with E-state index in [2.05, 4.69) is 20.9 Å². The standard InChI is InChI=1S/C45H71N7O11S/c1-9-28(4)40(50-42(57)35-12-10-11-17-51(35)7)44(58)52(8)36(27(2)3)25-38(63-30(6)53)43-49-34(26-64-43)41(56)47-32(22-29(5)45(59)60)23-31-13-14-37(54)33(24-31)48-39(55)15-18-61-20-21-62-19-16-46/h13-14,24,26-29,32,35-36,38,40,54H,9-12,15-23,25,46H2,1-8H3,(H,47,56)(H,48,55)(H,50,57)(H,59,60)/t28?,29?,32?,35-,36?,38?,40?/m1/s1. The summed E-state index contributed by atoms with van der Waals surface area (Å²) in [6, 6.07) is 2.34. The zero-order valence-corrected chi connectivity index (χ0v) is 39.5. The van der Waals surface area contributed by atoms with Crippen molar-refractivity contribution in [2.24, 2.45) is 23.5 Å². The number of anilines is 1. The molecular formula is C45H71N7O11S. The second-order valence-corrected chi connectivity index (χ2v) is 17.9. The van der Waals surface area contributed by atoms with Gasteiger partial charge in [0, 0.05) is 44.4 Å². The summed E-state index contributed by atoms with van der Waals surface area (Å²) in [6.07, 6.45) is 2.80. The molecule has 0 bridgehead atoms. The third kappa shape index (κ3) is 17.0. The number of hydrogen-bond donors (Lipinski definition) is 6. The lowest BCUT2D eigenvalue weighted by Gasteiger charge is -2.38. The van der Waals surface area contributed by atoms with Crippen LogP contribution in [0.2, 0.25) is 0 Å². The zero-order valence-electron chi connectivity index (χ0n) is 38.7. The number of rotatable bonds is 27. The number of aromatic nitrogens is 1. The minimum Gasteiger partial charge on any atom is -0.506 e. The fourth-order valence-corrected chi connectivity index (χ4v) is 8.46. The van der Waals surface area contributed by atoms with Gasteiger partial charge in [-0.1, -0.05) is 53.5 Å². The molecule has 7 atom stereocenters. The lowest BCUT2D eigenvalue weighted by Crippen LogP contribution is -2.58. The molecule has 1 aromatic carbocycles. The fourth-order valence-electron chi connectivity index (χ4n) is 7.62. The van der Waals surface area contributed by atoms with Gasteiger partial charge in [-0.3, -0.25) is 33.7 Å². The molecule has 4 amide bonds. The number of piperidine rings is 1. The monoisotopic (exact) mass is 917 g/mol. The minimum atomic E-state index is -1.05. The van der Waals surface area contributed by atoms with Crippen LogP contribution in [0.4, 0.5) is 5.69 Å². The molecule has 0 saturated carbocycles. The van der Waals surface area contributed by atoms with Crippen LogP contribution in [0.15, 0.2) is 23.6 Å². The van der Waals surface area contributed by atoms with Gasteiger partial charge in [0.05, 0.1) is 50.5 Å². The number of esters is 1. The highest BCUT2D eigenvalue weighted by molar-refractivity contribution is 7.09. The molecule has 18 nitrogen and oxygen atoms in total. The number of amides is 4. The first kappa shape index (κ1) is 53.6. The maximum absolute atomic E-state index is 14.3. The van der Waals surface area contributed by atoms with Crippen LogP contribution in [-0.4, -0.2) is 138 Å². The number of carboxylic acid groups (broad SMARTS) is 1. The lowest BCUT2D eigenvalue weighted by molar-refractivity contribution is -0.149. The predicted octanol–water partition coefficient (Wildman–Crippen LogP) is 4.11. The fraction of sp³-hybridized carbons (Fsp3) is 0.667. The van der Waals surface area contributed by atoms with E-state index >= 15 is 0 Å². The molecule has 64 heavy (non-hydrogen) atoms. The summed E-state index contributed by atoms with van der Waals surface area (Å²) in [5, 5.41) is 30.8. The van der Waals surface area contributed by atoms with E-state index in [0.717, 1.165) is 37.1 Å². The number of benzene rings is 1. The number of nitrogens with one attached hydrogen (secondary N) is 3. The van der Waals surface area contributed by atoms with Gasteiger partial charge in [-0.25, -0.2) is 4.98 Å². The third-order valence-electron chi connectivity index (χ3n) is 11.6. The van der Waals surface area contributed by atoms with E-state index in [0.29, 0.717) is 43.4 Å². The number of hydrogen-bond acceptors (Lipinski definition) is 14. The SMILES string of the molecule is CCC(C)C(NC(=O)[C@H]1CCCCN1C)C(=O)N(C)C(CC(OC(C)=O)c1nc(C(=O)NC(Cc2ccc(O)c(NC(=O)CCOCCOCCN)c2)CC(C)C(=O)O)cs1)C(C)C. The first-order chi connectivity index (χ1) is 30.4. The van der Waals surface area contributed by atoms with Crippen LogP contribution in [0, 0.1) is 17.8 Å². The molecule has 7 N–H and O–H groups in total. The Kier molecular flexibility index (Phi) is 22.6. The molecule has 2 aromatic rings. The number of ether oxygens (including phenoxy) is 3. The Bertz CT molecular complexity index is 1840. The van der Waals surface area contributed by atoms with E-state index in [-0.39, 0.29) is 79.1 Å². The van der Waals surface area contributed by atoms with Gasteiger partial charge < -0.3 is 51.0 Å². The number of carboxylic acids is 1. The maximum Gasteiger partial charge on any atom is 0.306 e. The molecular weight excluding hydrogens is 847 g/mol. The molecule has 3 rings (SSSR count). The molecule has 0 spiro atoms. The van der Waals surface area contributed by atoms with Gasteiger partial charge in [-0.05, 0) is 68.8 Å². The summed E-state index contributed by atoms with van der Waals surface area (Å²) < 4.78 is 16.5. The van der Waals surface area contributed by atoms with Crippen molar-refractivity contribution in [3.8, 4) is 5.75 Å². The number of likely N-dealkylation sites (tertiary alicyclic amines) is 1. The molecule has 1 aliphatic heterocycles. The minimum absolute atomic E-state index is 0.0210. The van der Waals surface area contributed by atoms with Crippen LogP contribution in [0.3, 0.4) is 0 Å². The van der Waals surface area contributed by atoms with Crippen LogP contribution in [0.5, 0.6) is 5.75 Å². The zero-order chi connectivity index (χ0) is 47.5. The van der Waals surface area contributed by atoms with Crippen molar-refractivity contribution in [2.75, 3.05) is 58.9 Å². The summed E-state index contributed by atoms with van der Waals surface area (Å²) in [4.78, 5) is 86.9. The van der Waals surface area contributed by atoms with Gasteiger partial charge in [-0.15, -0.1) is 11.3 Å². The van der Waals surface area contributed by atoms with Crippen LogP contribution < -0.4 is 21.7 Å². The van der Waals surface area contributed by atoms with Gasteiger partial charge in [0.1, 0.15) is 22.5 Å². The molecule has 1 aliphatic rings. The van der Waals surface area contributed by atoms with Gasteiger partial charge >= 0.3 is 11.9 Å². The highest BCUT2D eigenvalue weighted by Gasteiger charge is 2.37. The van der Waals surface area contributed by atoms with Crippen molar-refractivity contribution in [1.82, 2.24) is 25.4 Å². The smallest absolute Gasteiger partial charge is 0.306 e. The van der Waals surface area contributed by atoms with E-state index in [1.54, 1.807) is 24.1 Å². The summed E-state index contributed by atoms with van der Waals surface area (Å²) in [7, 11) is 3.61. The number of nitrogens with zero attached hydrogens (tertiary/aromatic N) is 3. The largest absolute Gasteiger partial charge is 0.506 e. The Hall–Kier alpha value is -4.69. The number of phenolic OH excluding ortho intramolecular Hbond substituents is 1. The molecule has 19 heteroatoms. The molecule has 6 unspecified atom stereocenters. The number of nitrogens with two attached hydrogens (primary N) is 1. The Labute approximate surface area is 381 Å². The number of aromatic hydroxyl groups is 1. The number of aliphatic carboxylic acids is 1.